The van der Waals surface area contributed by atoms with Crippen LogP contribution < -0.4 is 5.32 Å². The lowest BCUT2D eigenvalue weighted by Crippen LogP contribution is -2.15. The second-order valence-electron chi connectivity index (χ2n) is 5.00. The predicted octanol–water partition coefficient (Wildman–Crippen LogP) is 2.27. The quantitative estimate of drug-likeness (QED) is 0.574. The molecule has 0 unspecified atom stereocenters. The van der Waals surface area contributed by atoms with Crippen LogP contribution in [0, 0.1) is 22.9 Å². The van der Waals surface area contributed by atoms with E-state index in [1.807, 2.05) is 0 Å². The lowest BCUT2D eigenvalue weighted by atomic mass is 10.2. The Morgan fingerprint density at radius 1 is 1.28 bits per heavy atom. The van der Waals surface area contributed by atoms with Gasteiger partial charge in [0.05, 0.1) is 4.92 Å². The van der Waals surface area contributed by atoms with Gasteiger partial charge in [-0.25, -0.2) is 4.98 Å². The topological polar surface area (TPSA) is 116 Å². The second kappa shape index (κ2) is 6.43. The molecule has 126 valence electrons. The minimum atomic E-state index is -0.983. The molecule has 0 saturated carbocycles. The molecule has 0 spiro atoms. The Kier molecular flexibility index (Phi) is 4.16. The monoisotopic (exact) mass is 342 g/mol. The number of carbonyl (C=O) groups excluding carboxylic acids is 1. The predicted molar refractivity (Wildman–Crippen MR) is 84.9 cm³/mol. The zero-order valence-corrected chi connectivity index (χ0v) is 12.9. The molecule has 0 radical (unpaired) electrons. The highest BCUT2D eigenvalue weighted by Gasteiger charge is 2.16. The molecule has 0 aliphatic rings. The maximum Gasteiger partial charge on any atom is 0.306 e. The van der Waals surface area contributed by atoms with Crippen LogP contribution in [0.25, 0.3) is 5.82 Å². The number of carbonyl (C=O) groups is 1. The van der Waals surface area contributed by atoms with Crippen molar-refractivity contribution < 1.29 is 14.1 Å². The molecule has 0 atom stereocenters. The van der Waals surface area contributed by atoms with E-state index in [4.69, 9.17) is 0 Å². The fraction of sp³-hybridized carbons (Fsp3) is 0.0667. The Labute approximate surface area is 140 Å². The van der Waals surface area contributed by atoms with Crippen molar-refractivity contribution in [2.75, 3.05) is 5.32 Å². The number of hydrogen-bond acceptors (Lipinski definition) is 6. The Hall–Kier alpha value is -3.69. The SMILES string of the molecule is Cc1nccn1-c1ccc(C(=O)Nc2ccc(F)c([N+](=O)[O-])c2)nn1. The third-order valence-corrected chi connectivity index (χ3v) is 3.36. The molecule has 9 nitrogen and oxygen atoms in total. The van der Waals surface area contributed by atoms with Gasteiger partial charge in [0, 0.05) is 24.1 Å². The highest BCUT2D eigenvalue weighted by Crippen LogP contribution is 2.22. The van der Waals surface area contributed by atoms with Gasteiger partial charge in [-0.2, -0.15) is 4.39 Å². The fourth-order valence-electron chi connectivity index (χ4n) is 2.12. The molecule has 3 rings (SSSR count). The van der Waals surface area contributed by atoms with E-state index in [2.05, 4.69) is 20.5 Å². The van der Waals surface area contributed by atoms with Gasteiger partial charge in [-0.1, -0.05) is 0 Å². The van der Waals surface area contributed by atoms with E-state index in [0.29, 0.717) is 11.6 Å². The normalized spacial score (nSPS) is 10.5. The smallest absolute Gasteiger partial charge is 0.306 e. The first-order valence-corrected chi connectivity index (χ1v) is 7.05. The van der Waals surface area contributed by atoms with Crippen molar-refractivity contribution in [3.8, 4) is 5.82 Å². The van der Waals surface area contributed by atoms with Gasteiger partial charge in [-0.15, -0.1) is 10.2 Å². The molecule has 25 heavy (non-hydrogen) atoms. The first kappa shape index (κ1) is 16.2. The number of amides is 1. The number of rotatable bonds is 4. The van der Waals surface area contributed by atoms with Crippen molar-refractivity contribution in [3.63, 3.8) is 0 Å². The minimum Gasteiger partial charge on any atom is -0.320 e. The van der Waals surface area contributed by atoms with Crippen molar-refractivity contribution in [1.82, 2.24) is 19.7 Å². The van der Waals surface area contributed by atoms with Crippen LogP contribution in [0.1, 0.15) is 16.3 Å². The van der Waals surface area contributed by atoms with E-state index in [1.165, 1.54) is 12.1 Å². The number of nitrogens with zero attached hydrogens (tertiary/aromatic N) is 5. The third kappa shape index (κ3) is 3.32. The molecular formula is C15H11FN6O3. The number of nitrogens with one attached hydrogen (secondary N) is 1. The number of benzene rings is 1. The van der Waals surface area contributed by atoms with Crippen LogP contribution in [0.3, 0.4) is 0 Å². The van der Waals surface area contributed by atoms with Gasteiger partial charge in [-0.05, 0) is 31.2 Å². The number of nitro groups is 1. The van der Waals surface area contributed by atoms with Crippen LogP contribution in [0.4, 0.5) is 15.8 Å². The molecule has 0 bridgehead atoms. The Balaban J connectivity index is 1.79. The number of anilines is 1. The van der Waals surface area contributed by atoms with E-state index in [-0.39, 0.29) is 11.4 Å². The van der Waals surface area contributed by atoms with Crippen LogP contribution in [0.5, 0.6) is 0 Å². The Morgan fingerprint density at radius 2 is 2.08 bits per heavy atom. The summed E-state index contributed by atoms with van der Waals surface area (Å²) in [5.74, 6) is -0.403. The molecule has 2 aromatic heterocycles. The summed E-state index contributed by atoms with van der Waals surface area (Å²) in [7, 11) is 0. The van der Waals surface area contributed by atoms with Crippen molar-refractivity contribution in [3.05, 3.63) is 70.2 Å². The van der Waals surface area contributed by atoms with Crippen LogP contribution in [-0.4, -0.2) is 30.6 Å². The van der Waals surface area contributed by atoms with Crippen molar-refractivity contribution >= 4 is 17.3 Å². The van der Waals surface area contributed by atoms with Gasteiger partial charge in [0.1, 0.15) is 5.82 Å². The molecule has 1 N–H and O–H groups in total. The molecule has 0 fully saturated rings. The van der Waals surface area contributed by atoms with Crippen molar-refractivity contribution in [2.45, 2.75) is 6.92 Å². The number of nitro benzene ring substituents is 1. The van der Waals surface area contributed by atoms with Gasteiger partial charge in [0.15, 0.2) is 11.5 Å². The molecule has 3 aromatic rings. The molecule has 0 aliphatic carbocycles. The maximum absolute atomic E-state index is 13.3. The lowest BCUT2D eigenvalue weighted by Gasteiger charge is -2.06. The molecular weight excluding hydrogens is 331 g/mol. The van der Waals surface area contributed by atoms with E-state index >= 15 is 0 Å². The van der Waals surface area contributed by atoms with Crippen LogP contribution in [-0.2, 0) is 0 Å². The van der Waals surface area contributed by atoms with E-state index < -0.39 is 22.3 Å². The average molecular weight is 342 g/mol. The summed E-state index contributed by atoms with van der Waals surface area (Å²) < 4.78 is 15.0. The van der Waals surface area contributed by atoms with Gasteiger partial charge in [0.2, 0.25) is 5.82 Å². The van der Waals surface area contributed by atoms with Crippen LogP contribution >= 0.6 is 0 Å². The molecule has 0 aliphatic heterocycles. The number of aromatic nitrogens is 4. The zero-order chi connectivity index (χ0) is 18.0. The average Bonchev–Trinajstić information content (AvgIpc) is 3.02. The Morgan fingerprint density at radius 3 is 2.68 bits per heavy atom. The highest BCUT2D eigenvalue weighted by molar-refractivity contribution is 6.02. The summed E-state index contributed by atoms with van der Waals surface area (Å²) in [6, 6.07) is 6.10. The summed E-state index contributed by atoms with van der Waals surface area (Å²) in [5.41, 5.74) is -0.641. The van der Waals surface area contributed by atoms with E-state index in [9.17, 15) is 19.3 Å². The van der Waals surface area contributed by atoms with E-state index in [0.717, 1.165) is 12.1 Å². The second-order valence-corrected chi connectivity index (χ2v) is 5.00. The van der Waals surface area contributed by atoms with Crippen molar-refractivity contribution in [1.29, 1.82) is 0 Å². The van der Waals surface area contributed by atoms with Crippen molar-refractivity contribution in [2.24, 2.45) is 0 Å². The summed E-state index contributed by atoms with van der Waals surface area (Å²) >= 11 is 0. The van der Waals surface area contributed by atoms with Gasteiger partial charge in [-0.3, -0.25) is 19.5 Å². The molecule has 2 heterocycles. The summed E-state index contributed by atoms with van der Waals surface area (Å²) in [6.07, 6.45) is 3.32. The standard InChI is InChI=1S/C15H11FN6O3/c1-9-17-6-7-21(9)14-5-4-12(19-20-14)15(23)18-10-2-3-11(16)13(8-10)22(24)25/h2-8H,1H3,(H,18,23). The van der Waals surface area contributed by atoms with Gasteiger partial charge >= 0.3 is 5.69 Å². The third-order valence-electron chi connectivity index (χ3n) is 3.36. The Bertz CT molecular complexity index is 954. The molecule has 1 amide bonds. The van der Waals surface area contributed by atoms with E-state index in [1.54, 1.807) is 30.0 Å². The molecule has 10 heteroatoms. The fourth-order valence-corrected chi connectivity index (χ4v) is 2.12. The number of halogens is 1. The largest absolute Gasteiger partial charge is 0.320 e. The highest BCUT2D eigenvalue weighted by atomic mass is 19.1. The maximum atomic E-state index is 13.3. The van der Waals surface area contributed by atoms with Crippen LogP contribution in [0.15, 0.2) is 42.7 Å². The number of imidazole rings is 1. The number of hydrogen-bond donors (Lipinski definition) is 1. The summed E-state index contributed by atoms with van der Waals surface area (Å²) in [4.78, 5) is 26.1. The first-order chi connectivity index (χ1) is 12.0. The van der Waals surface area contributed by atoms with Gasteiger partial charge in [0.25, 0.3) is 5.91 Å². The summed E-state index contributed by atoms with van der Waals surface area (Å²) in [6.45, 7) is 1.80. The van der Waals surface area contributed by atoms with Crippen LogP contribution in [0.2, 0.25) is 0 Å². The molecule has 0 saturated heterocycles. The zero-order valence-electron chi connectivity index (χ0n) is 12.9. The summed E-state index contributed by atoms with van der Waals surface area (Å²) in [5, 5.41) is 20.9. The number of aryl methyl sites for hydroxylation is 1. The first-order valence-electron chi connectivity index (χ1n) is 7.05. The van der Waals surface area contributed by atoms with Gasteiger partial charge < -0.3 is 5.32 Å². The lowest BCUT2D eigenvalue weighted by molar-refractivity contribution is -0.387. The molecule has 1 aromatic carbocycles. The minimum absolute atomic E-state index is 0.00787.